The van der Waals surface area contributed by atoms with Crippen molar-refractivity contribution in [2.45, 2.75) is 5.92 Å². The zero-order valence-corrected chi connectivity index (χ0v) is 14.2. The van der Waals surface area contributed by atoms with Gasteiger partial charge in [-0.25, -0.2) is 0 Å². The summed E-state index contributed by atoms with van der Waals surface area (Å²) in [4.78, 5) is 17.8. The van der Waals surface area contributed by atoms with Gasteiger partial charge in [0.2, 0.25) is 0 Å². The second kappa shape index (κ2) is 5.59. The van der Waals surface area contributed by atoms with Crippen LogP contribution < -0.4 is 4.74 Å². The van der Waals surface area contributed by atoms with Gasteiger partial charge in [0.15, 0.2) is 5.65 Å². The van der Waals surface area contributed by atoms with E-state index >= 15 is 0 Å². The second-order valence-electron chi connectivity index (χ2n) is 6.53. The minimum Gasteiger partial charge on any atom is -0.497 e. The Bertz CT molecular complexity index is 1120. The van der Waals surface area contributed by atoms with E-state index in [9.17, 15) is 4.79 Å². The average molecular weight is 347 g/mol. The van der Waals surface area contributed by atoms with Crippen LogP contribution in [0.4, 0.5) is 0 Å². The fourth-order valence-electron chi connectivity index (χ4n) is 3.46. The number of ether oxygens (including phenoxy) is 1. The number of nitrogens with one attached hydrogen (secondary N) is 1. The highest BCUT2D eigenvalue weighted by Crippen LogP contribution is 2.28. The molecule has 0 saturated carbocycles. The van der Waals surface area contributed by atoms with Gasteiger partial charge < -0.3 is 14.6 Å². The predicted molar refractivity (Wildman–Crippen MR) is 96.5 cm³/mol. The molecule has 7 heteroatoms. The maximum Gasteiger partial charge on any atom is 0.270 e. The summed E-state index contributed by atoms with van der Waals surface area (Å²) in [5.41, 5.74) is 2.32. The molecule has 0 bridgehead atoms. The van der Waals surface area contributed by atoms with E-state index in [0.717, 1.165) is 28.1 Å². The minimum atomic E-state index is 0.00485. The van der Waals surface area contributed by atoms with Crippen molar-refractivity contribution in [3.63, 3.8) is 0 Å². The molecule has 4 heterocycles. The van der Waals surface area contributed by atoms with Crippen molar-refractivity contribution >= 4 is 22.5 Å². The molecule has 5 rings (SSSR count). The topological polar surface area (TPSA) is 75.5 Å². The maximum atomic E-state index is 12.8. The number of rotatable bonds is 3. The number of benzene rings is 1. The number of pyridine rings is 1. The van der Waals surface area contributed by atoms with Crippen molar-refractivity contribution in [3.05, 3.63) is 60.2 Å². The van der Waals surface area contributed by atoms with Crippen LogP contribution in [0.25, 0.3) is 16.6 Å². The largest absolute Gasteiger partial charge is 0.497 e. The van der Waals surface area contributed by atoms with E-state index in [1.165, 1.54) is 0 Å². The Kier molecular flexibility index (Phi) is 3.21. The third kappa shape index (κ3) is 2.24. The third-order valence-corrected chi connectivity index (χ3v) is 4.93. The van der Waals surface area contributed by atoms with Crippen LogP contribution >= 0.6 is 0 Å². The minimum absolute atomic E-state index is 0.00485. The number of carbonyl (C=O) groups is 1. The van der Waals surface area contributed by atoms with E-state index < -0.39 is 0 Å². The highest BCUT2D eigenvalue weighted by Gasteiger charge is 2.35. The molecule has 1 N–H and O–H groups in total. The molecule has 4 aromatic rings. The number of H-pyrrole nitrogens is 1. The quantitative estimate of drug-likeness (QED) is 0.618. The molecule has 1 fully saturated rings. The van der Waals surface area contributed by atoms with Crippen LogP contribution in [0.2, 0.25) is 0 Å². The predicted octanol–water partition coefficient (Wildman–Crippen LogP) is 2.46. The smallest absolute Gasteiger partial charge is 0.270 e. The standard InChI is InChI=1S/C19H17N5O2/c1-26-14-6-5-12-8-16(20-15(12)9-14)19(25)23-10-13(11-23)18-22-21-17-4-2-3-7-24(17)18/h2-9,13,20H,10-11H2,1H3. The molecule has 1 aliphatic heterocycles. The van der Waals surface area contributed by atoms with Gasteiger partial charge in [-0.3, -0.25) is 9.20 Å². The van der Waals surface area contributed by atoms with Crippen LogP contribution in [0.1, 0.15) is 22.2 Å². The van der Waals surface area contributed by atoms with Crippen molar-refractivity contribution in [3.8, 4) is 5.75 Å². The highest BCUT2D eigenvalue weighted by atomic mass is 16.5. The van der Waals surface area contributed by atoms with Crippen molar-refractivity contribution in [1.29, 1.82) is 0 Å². The summed E-state index contributed by atoms with van der Waals surface area (Å²) < 4.78 is 7.22. The Morgan fingerprint density at radius 2 is 2.08 bits per heavy atom. The molecule has 0 aliphatic carbocycles. The number of hydrogen-bond donors (Lipinski definition) is 1. The van der Waals surface area contributed by atoms with Crippen LogP contribution in [-0.4, -0.2) is 50.6 Å². The normalized spacial score (nSPS) is 14.7. The van der Waals surface area contributed by atoms with Crippen LogP contribution in [0, 0.1) is 0 Å². The van der Waals surface area contributed by atoms with Gasteiger partial charge in [-0.1, -0.05) is 6.07 Å². The molecule has 0 unspecified atom stereocenters. The number of carbonyl (C=O) groups excluding carboxylic acids is 1. The van der Waals surface area contributed by atoms with Gasteiger partial charge in [0.05, 0.1) is 13.0 Å². The summed E-state index contributed by atoms with van der Waals surface area (Å²) in [5, 5.41) is 9.47. The maximum absolute atomic E-state index is 12.8. The molecule has 26 heavy (non-hydrogen) atoms. The summed E-state index contributed by atoms with van der Waals surface area (Å²) in [7, 11) is 1.63. The summed E-state index contributed by atoms with van der Waals surface area (Å²) in [6.07, 6.45) is 1.96. The van der Waals surface area contributed by atoms with Crippen molar-refractivity contribution in [2.75, 3.05) is 20.2 Å². The molecule has 1 aromatic carbocycles. The van der Waals surface area contributed by atoms with E-state index in [1.807, 2.05) is 58.0 Å². The number of hydrogen-bond acceptors (Lipinski definition) is 4. The number of amides is 1. The Morgan fingerprint density at radius 3 is 2.92 bits per heavy atom. The van der Waals surface area contributed by atoms with E-state index in [2.05, 4.69) is 15.2 Å². The zero-order valence-electron chi connectivity index (χ0n) is 14.2. The second-order valence-corrected chi connectivity index (χ2v) is 6.53. The van der Waals surface area contributed by atoms with Crippen LogP contribution in [0.5, 0.6) is 5.75 Å². The van der Waals surface area contributed by atoms with Crippen LogP contribution in [0.15, 0.2) is 48.7 Å². The van der Waals surface area contributed by atoms with Crippen LogP contribution in [0.3, 0.4) is 0 Å². The van der Waals surface area contributed by atoms with Gasteiger partial charge in [-0.2, -0.15) is 0 Å². The van der Waals surface area contributed by atoms with Crippen LogP contribution in [-0.2, 0) is 0 Å². The number of methoxy groups -OCH3 is 1. The third-order valence-electron chi connectivity index (χ3n) is 4.93. The van der Waals surface area contributed by atoms with E-state index in [-0.39, 0.29) is 11.8 Å². The van der Waals surface area contributed by atoms with E-state index in [4.69, 9.17) is 4.74 Å². The van der Waals surface area contributed by atoms with Gasteiger partial charge in [0.25, 0.3) is 5.91 Å². The molecular weight excluding hydrogens is 330 g/mol. The van der Waals surface area contributed by atoms with E-state index in [1.54, 1.807) is 7.11 Å². The molecule has 1 amide bonds. The van der Waals surface area contributed by atoms with Gasteiger partial charge in [-0.05, 0) is 30.3 Å². The van der Waals surface area contributed by atoms with Gasteiger partial charge in [-0.15, -0.1) is 10.2 Å². The number of aromatic nitrogens is 4. The van der Waals surface area contributed by atoms with Crippen molar-refractivity contribution < 1.29 is 9.53 Å². The Labute approximate surface area is 149 Å². The zero-order chi connectivity index (χ0) is 17.7. The lowest BCUT2D eigenvalue weighted by atomic mass is 9.98. The fraction of sp³-hybridized carbons (Fsp3) is 0.211. The van der Waals surface area contributed by atoms with Gasteiger partial charge in [0, 0.05) is 36.3 Å². The molecule has 0 atom stereocenters. The summed E-state index contributed by atoms with van der Waals surface area (Å²) in [5.74, 6) is 1.89. The molecule has 7 nitrogen and oxygen atoms in total. The van der Waals surface area contributed by atoms with Gasteiger partial charge >= 0.3 is 0 Å². The lowest BCUT2D eigenvalue weighted by molar-refractivity contribution is 0.0588. The number of likely N-dealkylation sites (tertiary alicyclic amines) is 1. The molecule has 0 spiro atoms. The first-order valence-electron chi connectivity index (χ1n) is 8.48. The average Bonchev–Trinajstić information content (AvgIpc) is 3.24. The lowest BCUT2D eigenvalue weighted by Gasteiger charge is -2.37. The molecule has 3 aromatic heterocycles. The van der Waals surface area contributed by atoms with Crippen molar-refractivity contribution in [1.82, 2.24) is 24.5 Å². The molecule has 1 saturated heterocycles. The monoisotopic (exact) mass is 347 g/mol. The summed E-state index contributed by atoms with van der Waals surface area (Å²) in [6.45, 7) is 1.29. The first-order valence-corrected chi connectivity index (χ1v) is 8.48. The highest BCUT2D eigenvalue weighted by molar-refractivity contribution is 5.98. The molecular formula is C19H17N5O2. The first-order chi connectivity index (χ1) is 12.7. The van der Waals surface area contributed by atoms with Gasteiger partial charge in [0.1, 0.15) is 17.3 Å². The molecule has 130 valence electrons. The summed E-state index contributed by atoms with van der Waals surface area (Å²) >= 11 is 0. The number of nitrogens with zero attached hydrogens (tertiary/aromatic N) is 4. The Balaban J connectivity index is 1.35. The Morgan fingerprint density at radius 1 is 1.19 bits per heavy atom. The summed E-state index contributed by atoms with van der Waals surface area (Å²) in [6, 6.07) is 13.4. The molecule has 0 radical (unpaired) electrons. The van der Waals surface area contributed by atoms with Crippen molar-refractivity contribution in [2.24, 2.45) is 0 Å². The lowest BCUT2D eigenvalue weighted by Crippen LogP contribution is -2.49. The SMILES string of the molecule is COc1ccc2cc(C(=O)N3CC(c4nnc5ccccn45)C3)[nH]c2c1. The number of fused-ring (bicyclic) bond motifs is 2. The van der Waals surface area contributed by atoms with E-state index in [0.29, 0.717) is 18.8 Å². The molecule has 1 aliphatic rings. The Hall–Kier alpha value is -3.35. The first kappa shape index (κ1) is 14.9. The number of aromatic amines is 1. The fourth-order valence-corrected chi connectivity index (χ4v) is 3.46.